The fourth-order valence-corrected chi connectivity index (χ4v) is 4.10. The van der Waals surface area contributed by atoms with Gasteiger partial charge in [0.05, 0.1) is 6.54 Å². The number of hydrogen-bond acceptors (Lipinski definition) is 4. The minimum absolute atomic E-state index is 0.0783. The molecule has 1 unspecified atom stereocenters. The molecule has 6 nitrogen and oxygen atoms in total. The number of piperazine rings is 1. The smallest absolute Gasteiger partial charge is 0.251 e. The van der Waals surface area contributed by atoms with E-state index in [4.69, 9.17) is 4.74 Å². The number of rotatable bonds is 6. The third kappa shape index (κ3) is 5.00. The molecule has 2 aliphatic heterocycles. The van der Waals surface area contributed by atoms with Gasteiger partial charge < -0.3 is 19.4 Å². The predicted octanol–water partition coefficient (Wildman–Crippen LogP) is 2.54. The minimum atomic E-state index is -0.285. The molecule has 30 heavy (non-hydrogen) atoms. The summed E-state index contributed by atoms with van der Waals surface area (Å²) in [5.41, 5.74) is 2.20. The van der Waals surface area contributed by atoms with Gasteiger partial charge in [-0.25, -0.2) is 0 Å². The first-order chi connectivity index (χ1) is 14.7. The normalized spacial score (nSPS) is 19.0. The van der Waals surface area contributed by atoms with E-state index in [2.05, 4.69) is 17.0 Å². The highest BCUT2D eigenvalue weighted by atomic mass is 16.5. The highest BCUT2D eigenvalue weighted by Gasteiger charge is 2.31. The van der Waals surface area contributed by atoms with E-state index in [9.17, 15) is 9.59 Å². The summed E-state index contributed by atoms with van der Waals surface area (Å²) in [5.74, 6) is 0.175. The Morgan fingerprint density at radius 3 is 2.17 bits per heavy atom. The van der Waals surface area contributed by atoms with E-state index in [-0.39, 0.29) is 17.9 Å². The zero-order valence-corrected chi connectivity index (χ0v) is 17.3. The van der Waals surface area contributed by atoms with Gasteiger partial charge in [0.2, 0.25) is 5.91 Å². The fraction of sp³-hybridized carbons (Fsp3) is 0.417. The molecule has 2 aliphatic rings. The van der Waals surface area contributed by atoms with Crippen molar-refractivity contribution in [3.8, 4) is 0 Å². The number of anilines is 1. The number of carbonyl (C=O) groups excluding carboxylic acids is 2. The van der Waals surface area contributed by atoms with E-state index < -0.39 is 0 Å². The Morgan fingerprint density at radius 2 is 1.53 bits per heavy atom. The summed E-state index contributed by atoms with van der Waals surface area (Å²) in [4.78, 5) is 31.4. The number of ether oxygens (including phenoxy) is 1. The zero-order valence-electron chi connectivity index (χ0n) is 17.3. The molecule has 0 bridgehead atoms. The number of hydrogen-bond donors (Lipinski definition) is 0. The SMILES string of the molecule is O=C(CN(Cc1ccccc1)c1ccccc1)N1CCN(C(=O)C2CCCO2)CC1. The number of carbonyl (C=O) groups is 2. The number of amides is 2. The van der Waals surface area contributed by atoms with E-state index in [0.717, 1.165) is 18.5 Å². The average Bonchev–Trinajstić information content (AvgIpc) is 3.34. The Bertz CT molecular complexity index is 829. The summed E-state index contributed by atoms with van der Waals surface area (Å²) in [6, 6.07) is 20.2. The summed E-state index contributed by atoms with van der Waals surface area (Å²) in [6.45, 7) is 3.97. The fourth-order valence-electron chi connectivity index (χ4n) is 4.10. The molecule has 2 aromatic rings. The average molecular weight is 408 g/mol. The third-order valence-corrected chi connectivity index (χ3v) is 5.81. The molecule has 0 radical (unpaired) electrons. The van der Waals surface area contributed by atoms with E-state index in [0.29, 0.717) is 45.9 Å². The zero-order chi connectivity index (χ0) is 20.8. The largest absolute Gasteiger partial charge is 0.368 e. The molecule has 2 amide bonds. The van der Waals surface area contributed by atoms with Crippen molar-refractivity contribution in [1.29, 1.82) is 0 Å². The second kappa shape index (κ2) is 9.76. The molecule has 2 fully saturated rings. The lowest BCUT2D eigenvalue weighted by atomic mass is 10.2. The monoisotopic (exact) mass is 407 g/mol. The highest BCUT2D eigenvalue weighted by Crippen LogP contribution is 2.19. The van der Waals surface area contributed by atoms with Crippen molar-refractivity contribution < 1.29 is 14.3 Å². The second-order valence-electron chi connectivity index (χ2n) is 7.88. The van der Waals surface area contributed by atoms with Crippen LogP contribution in [0.2, 0.25) is 0 Å². The van der Waals surface area contributed by atoms with Crippen LogP contribution in [0.1, 0.15) is 18.4 Å². The van der Waals surface area contributed by atoms with Crippen LogP contribution in [0.5, 0.6) is 0 Å². The van der Waals surface area contributed by atoms with Crippen molar-refractivity contribution in [3.05, 3.63) is 66.2 Å². The molecule has 0 aromatic heterocycles. The summed E-state index contributed by atoms with van der Waals surface area (Å²) >= 11 is 0. The molecule has 2 saturated heterocycles. The van der Waals surface area contributed by atoms with Gasteiger partial charge in [-0.2, -0.15) is 0 Å². The Morgan fingerprint density at radius 1 is 0.900 bits per heavy atom. The lowest BCUT2D eigenvalue weighted by Gasteiger charge is -2.37. The standard InChI is InChI=1S/C24H29N3O3/c28-23(25-13-15-26(16-14-25)24(29)22-12-7-17-30-22)19-27(21-10-5-2-6-11-21)18-20-8-3-1-4-9-20/h1-6,8-11,22H,7,12-19H2. The molecule has 6 heteroatoms. The maximum absolute atomic E-state index is 13.1. The molecule has 0 aliphatic carbocycles. The van der Waals surface area contributed by atoms with Crippen LogP contribution in [0.4, 0.5) is 5.69 Å². The quantitative estimate of drug-likeness (QED) is 0.739. The number of nitrogens with zero attached hydrogens (tertiary/aromatic N) is 3. The molecule has 0 N–H and O–H groups in total. The van der Waals surface area contributed by atoms with E-state index in [1.54, 1.807) is 0 Å². The van der Waals surface area contributed by atoms with Crippen LogP contribution in [0, 0.1) is 0 Å². The number of benzene rings is 2. The van der Waals surface area contributed by atoms with Crippen molar-refractivity contribution in [3.63, 3.8) is 0 Å². The van der Waals surface area contributed by atoms with E-state index >= 15 is 0 Å². The topological polar surface area (TPSA) is 53.1 Å². The van der Waals surface area contributed by atoms with E-state index in [1.807, 2.05) is 58.3 Å². The van der Waals surface area contributed by atoms with Gasteiger partial charge in [-0.05, 0) is 30.5 Å². The van der Waals surface area contributed by atoms with Crippen molar-refractivity contribution >= 4 is 17.5 Å². The minimum Gasteiger partial charge on any atom is -0.368 e. The molecular weight excluding hydrogens is 378 g/mol. The van der Waals surface area contributed by atoms with Gasteiger partial charge >= 0.3 is 0 Å². The second-order valence-corrected chi connectivity index (χ2v) is 7.88. The van der Waals surface area contributed by atoms with Gasteiger partial charge in [-0.3, -0.25) is 9.59 Å². The van der Waals surface area contributed by atoms with Crippen molar-refractivity contribution in [2.24, 2.45) is 0 Å². The van der Waals surface area contributed by atoms with Gasteiger partial charge in [-0.1, -0.05) is 48.5 Å². The van der Waals surface area contributed by atoms with E-state index in [1.165, 1.54) is 5.56 Å². The van der Waals surface area contributed by atoms with Gasteiger partial charge in [0.15, 0.2) is 0 Å². The lowest BCUT2D eigenvalue weighted by Crippen LogP contribution is -2.54. The van der Waals surface area contributed by atoms with Crippen molar-refractivity contribution in [2.75, 3.05) is 44.2 Å². The highest BCUT2D eigenvalue weighted by molar-refractivity contribution is 5.83. The summed E-state index contributed by atoms with van der Waals surface area (Å²) in [6.07, 6.45) is 1.47. The van der Waals surface area contributed by atoms with Gasteiger partial charge in [0.1, 0.15) is 6.10 Å². The lowest BCUT2D eigenvalue weighted by molar-refractivity contribution is -0.145. The van der Waals surface area contributed by atoms with Crippen LogP contribution >= 0.6 is 0 Å². The first-order valence-corrected chi connectivity index (χ1v) is 10.7. The van der Waals surface area contributed by atoms with Gasteiger partial charge in [0, 0.05) is 45.0 Å². The van der Waals surface area contributed by atoms with Gasteiger partial charge in [0.25, 0.3) is 5.91 Å². The van der Waals surface area contributed by atoms with Crippen LogP contribution in [0.15, 0.2) is 60.7 Å². The molecule has 0 spiro atoms. The maximum Gasteiger partial charge on any atom is 0.251 e. The first-order valence-electron chi connectivity index (χ1n) is 10.7. The Kier molecular flexibility index (Phi) is 6.64. The maximum atomic E-state index is 13.1. The Labute approximate surface area is 178 Å². The number of para-hydroxylation sites is 1. The first kappa shape index (κ1) is 20.4. The summed E-state index contributed by atoms with van der Waals surface area (Å²) < 4.78 is 5.52. The van der Waals surface area contributed by atoms with Gasteiger partial charge in [-0.15, -0.1) is 0 Å². The molecule has 158 valence electrons. The van der Waals surface area contributed by atoms with Crippen LogP contribution in [0.25, 0.3) is 0 Å². The Hall–Kier alpha value is -2.86. The Balaban J connectivity index is 1.36. The van der Waals surface area contributed by atoms with Crippen LogP contribution in [-0.4, -0.2) is 67.0 Å². The molecule has 2 aromatic carbocycles. The molecule has 4 rings (SSSR count). The van der Waals surface area contributed by atoms with Crippen LogP contribution < -0.4 is 4.90 Å². The van der Waals surface area contributed by atoms with Crippen molar-refractivity contribution in [1.82, 2.24) is 9.80 Å². The van der Waals surface area contributed by atoms with Crippen LogP contribution in [-0.2, 0) is 20.9 Å². The third-order valence-electron chi connectivity index (χ3n) is 5.81. The molecule has 1 atom stereocenters. The summed E-state index contributed by atoms with van der Waals surface area (Å²) in [5, 5.41) is 0. The van der Waals surface area contributed by atoms with Crippen molar-refractivity contribution in [2.45, 2.75) is 25.5 Å². The molecule has 0 saturated carbocycles. The molecule has 2 heterocycles. The summed E-state index contributed by atoms with van der Waals surface area (Å²) in [7, 11) is 0. The van der Waals surface area contributed by atoms with Crippen LogP contribution in [0.3, 0.4) is 0 Å². The molecular formula is C24H29N3O3. The predicted molar refractivity (Wildman–Crippen MR) is 116 cm³/mol.